The first kappa shape index (κ1) is 15.4. The van der Waals surface area contributed by atoms with E-state index in [-0.39, 0.29) is 0 Å². The highest BCUT2D eigenvalue weighted by atomic mass is 79.9. The largest absolute Gasteiger partial charge is 0.496 e. The lowest BCUT2D eigenvalue weighted by Gasteiger charge is -2.08. The van der Waals surface area contributed by atoms with Gasteiger partial charge in [-0.15, -0.1) is 0 Å². The number of oxime groups is 1. The van der Waals surface area contributed by atoms with Crippen molar-refractivity contribution in [2.45, 2.75) is 13.0 Å². The highest BCUT2D eigenvalue weighted by Gasteiger charge is 2.04. The lowest BCUT2D eigenvalue weighted by atomic mass is 10.1. The van der Waals surface area contributed by atoms with Gasteiger partial charge in [-0.3, -0.25) is 0 Å². The van der Waals surface area contributed by atoms with Gasteiger partial charge in [0.25, 0.3) is 0 Å². The number of benzene rings is 2. The predicted octanol–water partition coefficient (Wildman–Crippen LogP) is 3.49. The van der Waals surface area contributed by atoms with E-state index in [9.17, 15) is 0 Å². The van der Waals surface area contributed by atoms with Crippen molar-refractivity contribution < 1.29 is 9.57 Å². The first-order valence-corrected chi connectivity index (χ1v) is 7.29. The second-order valence-electron chi connectivity index (χ2n) is 4.47. The van der Waals surface area contributed by atoms with Gasteiger partial charge in [-0.05, 0) is 23.8 Å². The molecule has 0 unspecified atom stereocenters. The second-order valence-corrected chi connectivity index (χ2v) is 5.39. The van der Waals surface area contributed by atoms with Crippen molar-refractivity contribution >= 4 is 21.8 Å². The summed E-state index contributed by atoms with van der Waals surface area (Å²) < 4.78 is 6.23. The van der Waals surface area contributed by atoms with Crippen LogP contribution in [0.5, 0.6) is 5.75 Å². The maximum atomic E-state index is 5.85. The molecule has 5 heteroatoms. The molecule has 21 heavy (non-hydrogen) atoms. The van der Waals surface area contributed by atoms with Crippen LogP contribution in [-0.2, 0) is 17.9 Å². The molecule has 2 rings (SSSR count). The fourth-order valence-electron chi connectivity index (χ4n) is 1.88. The van der Waals surface area contributed by atoms with E-state index in [0.29, 0.717) is 18.9 Å². The molecule has 0 aliphatic carbocycles. The molecule has 2 aromatic rings. The Bertz CT molecular complexity index is 615. The maximum Gasteiger partial charge on any atom is 0.146 e. The molecule has 0 amide bonds. The summed E-state index contributed by atoms with van der Waals surface area (Å²) in [5.41, 5.74) is 7.86. The van der Waals surface area contributed by atoms with E-state index in [4.69, 9.17) is 15.3 Å². The number of amidine groups is 1. The zero-order chi connectivity index (χ0) is 15.1. The Hall–Kier alpha value is -2.01. The van der Waals surface area contributed by atoms with Gasteiger partial charge in [-0.1, -0.05) is 51.4 Å². The number of methoxy groups -OCH3 is 1. The van der Waals surface area contributed by atoms with E-state index < -0.39 is 0 Å². The molecule has 2 N–H and O–H groups in total. The zero-order valence-corrected chi connectivity index (χ0v) is 13.3. The number of nitrogens with zero attached hydrogens (tertiary/aromatic N) is 1. The van der Waals surface area contributed by atoms with E-state index in [1.807, 2.05) is 48.5 Å². The molecule has 110 valence electrons. The van der Waals surface area contributed by atoms with Gasteiger partial charge in [0.1, 0.15) is 18.2 Å². The van der Waals surface area contributed by atoms with Crippen LogP contribution in [0.3, 0.4) is 0 Å². The minimum absolute atomic E-state index is 0.304. The van der Waals surface area contributed by atoms with E-state index in [1.54, 1.807) is 7.11 Å². The Labute approximate surface area is 132 Å². The summed E-state index contributed by atoms with van der Waals surface area (Å²) in [6.45, 7) is 0.304. The van der Waals surface area contributed by atoms with Crippen molar-refractivity contribution in [3.8, 4) is 5.75 Å². The molecule has 0 heterocycles. The molecule has 0 fully saturated rings. The molecule has 0 aliphatic heterocycles. The van der Waals surface area contributed by atoms with Crippen LogP contribution in [0.15, 0.2) is 58.2 Å². The topological polar surface area (TPSA) is 56.8 Å². The van der Waals surface area contributed by atoms with E-state index in [1.165, 1.54) is 0 Å². The van der Waals surface area contributed by atoms with Gasteiger partial charge in [-0.2, -0.15) is 0 Å². The summed E-state index contributed by atoms with van der Waals surface area (Å²) in [7, 11) is 1.62. The SMILES string of the molecule is COc1ccc(Br)cc1CO/N=C(/N)Cc1ccccc1. The van der Waals surface area contributed by atoms with Crippen molar-refractivity contribution in [3.63, 3.8) is 0 Å². The Morgan fingerprint density at radius 1 is 1.19 bits per heavy atom. The fraction of sp³-hybridized carbons (Fsp3) is 0.188. The lowest BCUT2D eigenvalue weighted by Crippen LogP contribution is -2.15. The Morgan fingerprint density at radius 3 is 2.67 bits per heavy atom. The Kier molecular flexibility index (Phi) is 5.63. The van der Waals surface area contributed by atoms with Crippen LogP contribution < -0.4 is 10.5 Å². The summed E-state index contributed by atoms with van der Waals surface area (Å²) in [6, 6.07) is 15.6. The van der Waals surface area contributed by atoms with E-state index >= 15 is 0 Å². The summed E-state index contributed by atoms with van der Waals surface area (Å²) in [5, 5.41) is 3.94. The van der Waals surface area contributed by atoms with Gasteiger partial charge in [0.05, 0.1) is 7.11 Å². The minimum atomic E-state index is 0.304. The summed E-state index contributed by atoms with van der Waals surface area (Å²) >= 11 is 3.42. The fourth-order valence-corrected chi connectivity index (χ4v) is 2.29. The third kappa shape index (κ3) is 4.79. The van der Waals surface area contributed by atoms with Gasteiger partial charge >= 0.3 is 0 Å². The zero-order valence-electron chi connectivity index (χ0n) is 11.8. The van der Waals surface area contributed by atoms with Gasteiger partial charge in [0.2, 0.25) is 0 Å². The van der Waals surface area contributed by atoms with Gasteiger partial charge in [-0.25, -0.2) is 0 Å². The minimum Gasteiger partial charge on any atom is -0.496 e. The molecular formula is C16H17BrN2O2. The quantitative estimate of drug-likeness (QED) is 0.493. The molecule has 4 nitrogen and oxygen atoms in total. The standard InChI is InChI=1S/C16H17BrN2O2/c1-20-15-8-7-14(17)10-13(15)11-21-19-16(18)9-12-5-3-2-4-6-12/h2-8,10H,9,11H2,1H3,(H2,18,19). The average Bonchev–Trinajstić information content (AvgIpc) is 2.48. The summed E-state index contributed by atoms with van der Waals surface area (Å²) in [6.07, 6.45) is 0.566. The Balaban J connectivity index is 1.94. The van der Waals surface area contributed by atoms with Crippen LogP contribution in [0.4, 0.5) is 0 Å². The molecule has 0 aliphatic rings. The third-order valence-corrected chi connectivity index (χ3v) is 3.37. The highest BCUT2D eigenvalue weighted by Crippen LogP contribution is 2.23. The van der Waals surface area contributed by atoms with E-state index in [0.717, 1.165) is 21.3 Å². The molecule has 0 radical (unpaired) electrons. The smallest absolute Gasteiger partial charge is 0.146 e. The van der Waals surface area contributed by atoms with Gasteiger partial charge in [0.15, 0.2) is 0 Å². The van der Waals surface area contributed by atoms with Gasteiger partial charge in [0, 0.05) is 16.5 Å². The van der Waals surface area contributed by atoms with Crippen molar-refractivity contribution in [1.29, 1.82) is 0 Å². The molecule has 0 bridgehead atoms. The summed E-state index contributed by atoms with van der Waals surface area (Å²) in [5.74, 6) is 1.20. The van der Waals surface area contributed by atoms with Crippen LogP contribution in [0.1, 0.15) is 11.1 Å². The van der Waals surface area contributed by atoms with Crippen LogP contribution in [0.25, 0.3) is 0 Å². The highest BCUT2D eigenvalue weighted by molar-refractivity contribution is 9.10. The van der Waals surface area contributed by atoms with Crippen LogP contribution in [-0.4, -0.2) is 12.9 Å². The molecule has 0 saturated carbocycles. The molecule has 0 saturated heterocycles. The third-order valence-electron chi connectivity index (χ3n) is 2.87. The van der Waals surface area contributed by atoms with Crippen molar-refractivity contribution in [3.05, 3.63) is 64.1 Å². The molecular weight excluding hydrogens is 332 g/mol. The van der Waals surface area contributed by atoms with Crippen LogP contribution >= 0.6 is 15.9 Å². The number of nitrogens with two attached hydrogens (primary N) is 1. The molecule has 0 spiro atoms. The molecule has 2 aromatic carbocycles. The number of hydrogen-bond acceptors (Lipinski definition) is 3. The number of ether oxygens (including phenoxy) is 1. The van der Waals surface area contributed by atoms with Crippen LogP contribution in [0.2, 0.25) is 0 Å². The number of halogens is 1. The molecule has 0 atom stereocenters. The first-order valence-electron chi connectivity index (χ1n) is 6.49. The predicted molar refractivity (Wildman–Crippen MR) is 87.3 cm³/mol. The summed E-state index contributed by atoms with van der Waals surface area (Å²) in [4.78, 5) is 5.31. The van der Waals surface area contributed by atoms with Crippen molar-refractivity contribution in [2.75, 3.05) is 7.11 Å². The molecule has 0 aromatic heterocycles. The monoisotopic (exact) mass is 348 g/mol. The number of rotatable bonds is 6. The van der Waals surface area contributed by atoms with Gasteiger partial charge < -0.3 is 15.3 Å². The Morgan fingerprint density at radius 2 is 1.95 bits per heavy atom. The van der Waals surface area contributed by atoms with Crippen LogP contribution in [0, 0.1) is 0 Å². The average molecular weight is 349 g/mol. The lowest BCUT2D eigenvalue weighted by molar-refractivity contribution is 0.127. The van der Waals surface area contributed by atoms with Crippen molar-refractivity contribution in [1.82, 2.24) is 0 Å². The number of hydrogen-bond donors (Lipinski definition) is 1. The second kappa shape index (κ2) is 7.69. The first-order chi connectivity index (χ1) is 10.2. The van der Waals surface area contributed by atoms with Crippen molar-refractivity contribution in [2.24, 2.45) is 10.9 Å². The maximum absolute atomic E-state index is 5.85. The van der Waals surface area contributed by atoms with E-state index in [2.05, 4.69) is 21.1 Å². The normalized spacial score (nSPS) is 11.2.